The maximum atomic E-state index is 11.5. The van der Waals surface area contributed by atoms with Gasteiger partial charge in [0.25, 0.3) is 0 Å². The predicted octanol–water partition coefficient (Wildman–Crippen LogP) is 4.35. The molecule has 0 saturated carbocycles. The fourth-order valence-corrected chi connectivity index (χ4v) is 5.05. The summed E-state index contributed by atoms with van der Waals surface area (Å²) in [6.07, 6.45) is -0.391. The Balaban J connectivity index is 1.92. The third-order valence-electron chi connectivity index (χ3n) is 4.34. The minimum atomic E-state index is -3.64. The summed E-state index contributed by atoms with van der Waals surface area (Å²) in [6.45, 7) is 0. The van der Waals surface area contributed by atoms with Crippen LogP contribution in [0.3, 0.4) is 0 Å². The van der Waals surface area contributed by atoms with Gasteiger partial charge in [-0.05, 0) is 35.4 Å². The summed E-state index contributed by atoms with van der Waals surface area (Å²) < 4.78 is 35.5. The summed E-state index contributed by atoms with van der Waals surface area (Å²) in [5.41, 5.74) is 3.23. The zero-order valence-electron chi connectivity index (χ0n) is 14.3. The van der Waals surface area contributed by atoms with Gasteiger partial charge in [0.05, 0.1) is 27.6 Å². The van der Waals surface area contributed by atoms with Crippen LogP contribution in [0.15, 0.2) is 48.5 Å². The number of primary sulfonamides is 1. The first-order valence-electron chi connectivity index (χ1n) is 8.08. The molecule has 0 radical (unpaired) electrons. The van der Waals surface area contributed by atoms with Crippen molar-refractivity contribution in [3.8, 4) is 22.6 Å². The third-order valence-corrected chi connectivity index (χ3v) is 6.35. The van der Waals surface area contributed by atoms with Gasteiger partial charge in [-0.25, -0.2) is 13.6 Å². The maximum Gasteiger partial charge on any atom is 0.213 e. The zero-order valence-corrected chi connectivity index (χ0v) is 16.7. The summed E-state index contributed by atoms with van der Waals surface area (Å²) in [4.78, 5) is 0.933. The van der Waals surface area contributed by atoms with E-state index in [1.807, 2.05) is 42.5 Å². The molecule has 1 atom stereocenters. The molecule has 0 aliphatic carbocycles. The number of thiophene rings is 1. The second-order valence-electron chi connectivity index (χ2n) is 6.20. The molecule has 2 heterocycles. The molecule has 1 unspecified atom stereocenters. The molecular weight excluding hydrogens is 406 g/mol. The molecule has 4 rings (SSSR count). The van der Waals surface area contributed by atoms with E-state index in [1.54, 1.807) is 13.2 Å². The second-order valence-corrected chi connectivity index (χ2v) is 9.56. The number of sulfonamides is 1. The Morgan fingerprint density at radius 2 is 2.04 bits per heavy atom. The molecule has 3 aromatic rings. The predicted molar refractivity (Wildman–Crippen MR) is 107 cm³/mol. The zero-order chi connectivity index (χ0) is 19.2. The molecule has 1 aliphatic rings. The Labute approximate surface area is 166 Å². The molecule has 0 fully saturated rings. The summed E-state index contributed by atoms with van der Waals surface area (Å²) in [6, 6.07) is 14.8. The van der Waals surface area contributed by atoms with Gasteiger partial charge < -0.3 is 9.47 Å². The van der Waals surface area contributed by atoms with Crippen LogP contribution >= 0.6 is 22.9 Å². The van der Waals surface area contributed by atoms with E-state index < -0.39 is 16.1 Å². The quantitative estimate of drug-likeness (QED) is 0.679. The Kier molecular flexibility index (Phi) is 4.63. The first kappa shape index (κ1) is 18.3. The SMILES string of the molecule is COc1cccc2c1-c1ccc(CS(N)(=O)=O)cc1C(c1ccc(Cl)s1)O2. The van der Waals surface area contributed by atoms with Crippen LogP contribution in [-0.2, 0) is 15.8 Å². The fraction of sp³-hybridized carbons (Fsp3) is 0.158. The highest BCUT2D eigenvalue weighted by molar-refractivity contribution is 7.88. The molecule has 1 aliphatic heterocycles. The van der Waals surface area contributed by atoms with E-state index in [2.05, 4.69) is 0 Å². The van der Waals surface area contributed by atoms with Crippen molar-refractivity contribution >= 4 is 33.0 Å². The summed E-state index contributed by atoms with van der Waals surface area (Å²) in [5.74, 6) is 1.16. The van der Waals surface area contributed by atoms with Crippen LogP contribution < -0.4 is 14.6 Å². The van der Waals surface area contributed by atoms with Crippen LogP contribution in [0.1, 0.15) is 22.1 Å². The van der Waals surface area contributed by atoms with Crippen molar-refractivity contribution in [2.75, 3.05) is 7.11 Å². The standard InChI is InChI=1S/C19H16ClNO4S2/c1-24-14-3-2-4-15-18(14)12-6-5-11(10-27(21,22)23)9-13(12)19(25-15)16-7-8-17(20)26-16/h2-9,19H,10H2,1H3,(H2,21,22,23). The monoisotopic (exact) mass is 421 g/mol. The molecule has 5 nitrogen and oxygen atoms in total. The van der Waals surface area contributed by atoms with Crippen molar-refractivity contribution < 1.29 is 17.9 Å². The molecule has 0 spiro atoms. The largest absolute Gasteiger partial charge is 0.496 e. The van der Waals surface area contributed by atoms with Crippen LogP contribution in [0.4, 0.5) is 0 Å². The normalized spacial score (nSPS) is 15.6. The van der Waals surface area contributed by atoms with Gasteiger partial charge in [0.2, 0.25) is 10.0 Å². The van der Waals surface area contributed by atoms with Gasteiger partial charge in [-0.1, -0.05) is 35.9 Å². The van der Waals surface area contributed by atoms with Crippen LogP contribution in [0.2, 0.25) is 4.34 Å². The molecule has 2 N–H and O–H groups in total. The molecule has 8 heteroatoms. The van der Waals surface area contributed by atoms with E-state index in [9.17, 15) is 8.42 Å². The number of hydrogen-bond donors (Lipinski definition) is 1. The summed E-state index contributed by atoms with van der Waals surface area (Å²) in [5, 5.41) is 5.22. The molecule has 27 heavy (non-hydrogen) atoms. The van der Waals surface area contributed by atoms with Gasteiger partial charge in [0.15, 0.2) is 6.10 Å². The first-order valence-corrected chi connectivity index (χ1v) is 11.0. The highest BCUT2D eigenvalue weighted by atomic mass is 35.5. The number of methoxy groups -OCH3 is 1. The highest BCUT2D eigenvalue weighted by Crippen LogP contribution is 2.50. The number of halogens is 1. The summed E-state index contributed by atoms with van der Waals surface area (Å²) >= 11 is 7.55. The number of fused-ring (bicyclic) bond motifs is 3. The highest BCUT2D eigenvalue weighted by Gasteiger charge is 2.31. The van der Waals surface area contributed by atoms with E-state index in [1.165, 1.54) is 11.3 Å². The molecule has 0 saturated heterocycles. The molecule has 1 aromatic heterocycles. The topological polar surface area (TPSA) is 78.6 Å². The van der Waals surface area contributed by atoms with Crippen molar-refractivity contribution in [1.82, 2.24) is 0 Å². The van der Waals surface area contributed by atoms with Gasteiger partial charge in [-0.2, -0.15) is 0 Å². The number of benzene rings is 2. The van der Waals surface area contributed by atoms with Crippen molar-refractivity contribution in [3.63, 3.8) is 0 Å². The maximum absolute atomic E-state index is 11.5. The lowest BCUT2D eigenvalue weighted by Crippen LogP contribution is -2.17. The van der Waals surface area contributed by atoms with Crippen LogP contribution in [0.5, 0.6) is 11.5 Å². The lowest BCUT2D eigenvalue weighted by molar-refractivity contribution is 0.246. The van der Waals surface area contributed by atoms with Crippen molar-refractivity contribution in [2.45, 2.75) is 11.9 Å². The van der Waals surface area contributed by atoms with Crippen molar-refractivity contribution in [1.29, 1.82) is 0 Å². The lowest BCUT2D eigenvalue weighted by atomic mass is 9.90. The Morgan fingerprint density at radius 1 is 1.22 bits per heavy atom. The van der Waals surface area contributed by atoms with Gasteiger partial charge in [-0.15, -0.1) is 11.3 Å². The average Bonchev–Trinajstić information content (AvgIpc) is 3.05. The number of nitrogens with two attached hydrogens (primary N) is 1. The molecular formula is C19H16ClNO4S2. The van der Waals surface area contributed by atoms with Gasteiger partial charge in [-0.3, -0.25) is 0 Å². The van der Waals surface area contributed by atoms with E-state index in [0.29, 0.717) is 21.4 Å². The molecule has 0 amide bonds. The minimum Gasteiger partial charge on any atom is -0.496 e. The van der Waals surface area contributed by atoms with Crippen molar-refractivity contribution in [2.24, 2.45) is 5.14 Å². The third kappa shape index (κ3) is 3.55. The Hall–Kier alpha value is -2.06. The van der Waals surface area contributed by atoms with E-state index >= 15 is 0 Å². The number of hydrogen-bond acceptors (Lipinski definition) is 5. The van der Waals surface area contributed by atoms with Crippen LogP contribution in [0, 0.1) is 0 Å². The fourth-order valence-electron chi connectivity index (χ4n) is 3.29. The Morgan fingerprint density at radius 3 is 2.70 bits per heavy atom. The van der Waals surface area contributed by atoms with E-state index in [4.69, 9.17) is 26.2 Å². The van der Waals surface area contributed by atoms with Crippen LogP contribution in [-0.4, -0.2) is 15.5 Å². The Bertz CT molecular complexity index is 1120. The van der Waals surface area contributed by atoms with E-state index in [0.717, 1.165) is 21.6 Å². The first-order chi connectivity index (χ1) is 12.9. The minimum absolute atomic E-state index is 0.239. The molecule has 140 valence electrons. The second kappa shape index (κ2) is 6.83. The van der Waals surface area contributed by atoms with Crippen LogP contribution in [0.25, 0.3) is 11.1 Å². The van der Waals surface area contributed by atoms with Gasteiger partial charge in [0.1, 0.15) is 11.5 Å². The molecule has 0 bridgehead atoms. The number of ether oxygens (including phenoxy) is 2. The van der Waals surface area contributed by atoms with E-state index in [-0.39, 0.29) is 5.75 Å². The smallest absolute Gasteiger partial charge is 0.213 e. The summed E-state index contributed by atoms with van der Waals surface area (Å²) in [7, 11) is -2.03. The lowest BCUT2D eigenvalue weighted by Gasteiger charge is -2.29. The average molecular weight is 422 g/mol. The molecule has 2 aromatic carbocycles. The van der Waals surface area contributed by atoms with Gasteiger partial charge >= 0.3 is 0 Å². The van der Waals surface area contributed by atoms with Gasteiger partial charge in [0, 0.05) is 5.56 Å². The van der Waals surface area contributed by atoms with Crippen molar-refractivity contribution in [3.05, 3.63) is 68.9 Å². The number of rotatable bonds is 4.